The van der Waals surface area contributed by atoms with E-state index in [2.05, 4.69) is 4.74 Å². The van der Waals surface area contributed by atoms with Crippen LogP contribution in [0.25, 0.3) is 0 Å². The van der Waals surface area contributed by atoms with Gasteiger partial charge < -0.3 is 9.84 Å². The summed E-state index contributed by atoms with van der Waals surface area (Å²) in [5, 5.41) is 8.99. The van der Waals surface area contributed by atoms with Crippen LogP contribution >= 0.6 is 0 Å². The Balaban J connectivity index is 2.64. The Bertz CT molecular complexity index is 340. The fraction of sp³-hybridized carbons (Fsp3) is 0.889. The van der Waals surface area contributed by atoms with E-state index in [1.165, 1.54) is 4.31 Å². The van der Waals surface area contributed by atoms with E-state index in [4.69, 9.17) is 5.11 Å². The predicted molar refractivity (Wildman–Crippen MR) is 57.2 cm³/mol. The van der Waals surface area contributed by atoms with Crippen molar-refractivity contribution in [2.75, 3.05) is 32.6 Å². The Morgan fingerprint density at radius 3 is 2.81 bits per heavy atom. The average molecular weight is 251 g/mol. The van der Waals surface area contributed by atoms with Crippen LogP contribution in [0.5, 0.6) is 0 Å². The number of carbonyl (C=O) groups is 1. The van der Waals surface area contributed by atoms with Crippen LogP contribution in [0.2, 0.25) is 0 Å². The van der Waals surface area contributed by atoms with E-state index >= 15 is 0 Å². The zero-order valence-electron chi connectivity index (χ0n) is 9.26. The lowest BCUT2D eigenvalue weighted by atomic mass is 10.0. The Morgan fingerprint density at radius 1 is 1.56 bits per heavy atom. The van der Waals surface area contributed by atoms with Crippen molar-refractivity contribution in [3.63, 3.8) is 0 Å². The lowest BCUT2D eigenvalue weighted by molar-refractivity contribution is -0.137. The molecule has 1 heterocycles. The summed E-state index contributed by atoms with van der Waals surface area (Å²) < 4.78 is 29.1. The fourth-order valence-corrected chi connectivity index (χ4v) is 3.17. The number of methoxy groups -OCH3 is 1. The minimum Gasteiger partial charge on any atom is -0.468 e. The standard InChI is InChI=1S/C9H17NO5S/c1-15-9(12)7-16(13,14)10-4-2-3-8(5-10)6-11/h8,11H,2-7H2,1H3. The summed E-state index contributed by atoms with van der Waals surface area (Å²) in [6.07, 6.45) is 1.53. The van der Waals surface area contributed by atoms with Crippen molar-refractivity contribution in [2.45, 2.75) is 12.8 Å². The van der Waals surface area contributed by atoms with E-state index in [0.29, 0.717) is 13.0 Å². The number of piperidine rings is 1. The molecule has 1 rings (SSSR count). The first-order chi connectivity index (χ1) is 7.49. The third-order valence-electron chi connectivity index (χ3n) is 2.66. The van der Waals surface area contributed by atoms with Crippen molar-refractivity contribution in [3.8, 4) is 0 Å². The summed E-state index contributed by atoms with van der Waals surface area (Å²) in [6, 6.07) is 0. The first-order valence-electron chi connectivity index (χ1n) is 5.15. The Morgan fingerprint density at radius 2 is 2.25 bits per heavy atom. The molecular weight excluding hydrogens is 234 g/mol. The summed E-state index contributed by atoms with van der Waals surface area (Å²) in [6.45, 7) is 0.676. The minimum atomic E-state index is -3.59. The number of carbonyl (C=O) groups excluding carboxylic acids is 1. The highest BCUT2D eigenvalue weighted by Crippen LogP contribution is 2.18. The van der Waals surface area contributed by atoms with Crippen LogP contribution in [0.4, 0.5) is 0 Å². The van der Waals surface area contributed by atoms with Gasteiger partial charge in [0.05, 0.1) is 7.11 Å². The average Bonchev–Trinajstić information content (AvgIpc) is 2.28. The van der Waals surface area contributed by atoms with Crippen LogP contribution in [0.3, 0.4) is 0 Å². The van der Waals surface area contributed by atoms with Crippen LogP contribution in [0.1, 0.15) is 12.8 Å². The van der Waals surface area contributed by atoms with Crippen LogP contribution in [0, 0.1) is 5.92 Å². The highest BCUT2D eigenvalue weighted by Gasteiger charge is 2.30. The van der Waals surface area contributed by atoms with Gasteiger partial charge >= 0.3 is 5.97 Å². The van der Waals surface area contributed by atoms with E-state index in [-0.39, 0.29) is 19.1 Å². The molecule has 1 atom stereocenters. The third-order valence-corrected chi connectivity index (χ3v) is 4.38. The molecule has 0 aliphatic carbocycles. The molecule has 1 fully saturated rings. The van der Waals surface area contributed by atoms with Gasteiger partial charge in [0.1, 0.15) is 0 Å². The van der Waals surface area contributed by atoms with Crippen LogP contribution in [-0.2, 0) is 19.6 Å². The largest absolute Gasteiger partial charge is 0.468 e. The number of aliphatic hydroxyl groups excluding tert-OH is 1. The van der Waals surface area contributed by atoms with Gasteiger partial charge in [-0.25, -0.2) is 12.7 Å². The van der Waals surface area contributed by atoms with Gasteiger partial charge in [-0.15, -0.1) is 0 Å². The molecule has 1 aliphatic rings. The zero-order chi connectivity index (χ0) is 12.2. The molecule has 6 nitrogen and oxygen atoms in total. The van der Waals surface area contributed by atoms with Gasteiger partial charge in [-0.05, 0) is 18.8 Å². The molecule has 0 aromatic carbocycles. The van der Waals surface area contributed by atoms with Gasteiger partial charge in [0.15, 0.2) is 5.75 Å². The van der Waals surface area contributed by atoms with Gasteiger partial charge in [-0.2, -0.15) is 0 Å². The second-order valence-electron chi connectivity index (χ2n) is 3.88. The summed E-state index contributed by atoms with van der Waals surface area (Å²) in [7, 11) is -2.43. The maximum atomic E-state index is 11.8. The molecule has 1 unspecified atom stereocenters. The molecule has 16 heavy (non-hydrogen) atoms. The van der Waals surface area contributed by atoms with Crippen molar-refractivity contribution < 1.29 is 23.1 Å². The second-order valence-corrected chi connectivity index (χ2v) is 5.85. The van der Waals surface area contributed by atoms with E-state index < -0.39 is 21.7 Å². The smallest absolute Gasteiger partial charge is 0.322 e. The second kappa shape index (κ2) is 5.60. The molecule has 0 radical (unpaired) electrons. The lowest BCUT2D eigenvalue weighted by Crippen LogP contribution is -2.43. The molecule has 7 heteroatoms. The predicted octanol–water partition coefficient (Wildman–Crippen LogP) is -0.806. The first-order valence-corrected chi connectivity index (χ1v) is 6.76. The molecule has 0 amide bonds. The number of nitrogens with zero attached hydrogens (tertiary/aromatic N) is 1. The molecule has 1 aliphatic heterocycles. The first kappa shape index (κ1) is 13.4. The van der Waals surface area contributed by atoms with Gasteiger partial charge in [0.2, 0.25) is 10.0 Å². The van der Waals surface area contributed by atoms with Crippen molar-refractivity contribution in [1.82, 2.24) is 4.31 Å². The van der Waals surface area contributed by atoms with Crippen molar-refractivity contribution >= 4 is 16.0 Å². The highest BCUT2D eigenvalue weighted by atomic mass is 32.2. The number of esters is 1. The minimum absolute atomic E-state index is 0.0236. The van der Waals surface area contributed by atoms with Gasteiger partial charge in [-0.1, -0.05) is 0 Å². The Labute approximate surface area is 95.2 Å². The number of ether oxygens (including phenoxy) is 1. The number of rotatable bonds is 4. The summed E-state index contributed by atoms with van der Waals surface area (Å²) in [4.78, 5) is 10.9. The van der Waals surface area contributed by atoms with Crippen LogP contribution in [-0.4, -0.2) is 56.4 Å². The summed E-state index contributed by atoms with van der Waals surface area (Å²) in [5.41, 5.74) is 0. The molecule has 94 valence electrons. The molecular formula is C9H17NO5S. The normalized spacial score (nSPS) is 23.0. The van der Waals surface area contributed by atoms with E-state index in [1.54, 1.807) is 0 Å². The van der Waals surface area contributed by atoms with Crippen molar-refractivity contribution in [1.29, 1.82) is 0 Å². The monoisotopic (exact) mass is 251 g/mol. The third kappa shape index (κ3) is 3.43. The summed E-state index contributed by atoms with van der Waals surface area (Å²) in [5.74, 6) is -1.41. The molecule has 1 N–H and O–H groups in total. The molecule has 0 aromatic heterocycles. The Kier molecular flexibility index (Phi) is 4.69. The maximum absolute atomic E-state index is 11.8. The van der Waals surface area contributed by atoms with Crippen LogP contribution in [0.15, 0.2) is 0 Å². The van der Waals surface area contributed by atoms with Gasteiger partial charge in [-0.3, -0.25) is 4.79 Å². The maximum Gasteiger partial charge on any atom is 0.322 e. The van der Waals surface area contributed by atoms with E-state index in [0.717, 1.165) is 13.5 Å². The topological polar surface area (TPSA) is 83.9 Å². The zero-order valence-corrected chi connectivity index (χ0v) is 10.1. The molecule has 0 spiro atoms. The molecule has 0 aromatic rings. The van der Waals surface area contributed by atoms with Crippen molar-refractivity contribution in [2.24, 2.45) is 5.92 Å². The lowest BCUT2D eigenvalue weighted by Gasteiger charge is -2.30. The van der Waals surface area contributed by atoms with Gasteiger partial charge in [0, 0.05) is 19.7 Å². The van der Waals surface area contributed by atoms with Gasteiger partial charge in [0.25, 0.3) is 0 Å². The van der Waals surface area contributed by atoms with Crippen LogP contribution < -0.4 is 0 Å². The van der Waals surface area contributed by atoms with E-state index in [9.17, 15) is 13.2 Å². The fourth-order valence-electron chi connectivity index (χ4n) is 1.73. The Hall–Kier alpha value is -0.660. The number of aliphatic hydroxyl groups is 1. The van der Waals surface area contributed by atoms with E-state index in [1.807, 2.05) is 0 Å². The quantitative estimate of drug-likeness (QED) is 0.661. The number of sulfonamides is 1. The van der Waals surface area contributed by atoms with Crippen molar-refractivity contribution in [3.05, 3.63) is 0 Å². The molecule has 1 saturated heterocycles. The SMILES string of the molecule is COC(=O)CS(=O)(=O)N1CCCC(CO)C1. The number of hydrogen-bond acceptors (Lipinski definition) is 5. The highest BCUT2D eigenvalue weighted by molar-refractivity contribution is 7.89. The molecule has 0 bridgehead atoms. The number of hydrogen-bond donors (Lipinski definition) is 1. The summed E-state index contributed by atoms with van der Waals surface area (Å²) >= 11 is 0. The molecule has 0 saturated carbocycles.